The van der Waals surface area contributed by atoms with Crippen LogP contribution >= 0.6 is 11.8 Å². The van der Waals surface area contributed by atoms with Gasteiger partial charge >= 0.3 is 5.97 Å². The molecule has 0 saturated carbocycles. The summed E-state index contributed by atoms with van der Waals surface area (Å²) in [5, 5.41) is 2.42. The zero-order chi connectivity index (χ0) is 26.0. The van der Waals surface area contributed by atoms with Crippen LogP contribution in [0.5, 0.6) is 5.75 Å². The highest BCUT2D eigenvalue weighted by atomic mass is 32.2. The molecule has 3 aromatic carbocycles. The monoisotopic (exact) mass is 516 g/mol. The molecule has 2 saturated heterocycles. The molecule has 2 amide bonds. The summed E-state index contributed by atoms with van der Waals surface area (Å²) < 4.78 is 11.0. The van der Waals surface area contributed by atoms with E-state index in [2.05, 4.69) is 5.32 Å². The fourth-order valence-corrected chi connectivity index (χ4v) is 6.39. The lowest BCUT2D eigenvalue weighted by Gasteiger charge is -2.44. The predicted molar refractivity (Wildman–Crippen MR) is 141 cm³/mol. The van der Waals surface area contributed by atoms with Crippen LogP contribution in [0.1, 0.15) is 31.1 Å². The topological polar surface area (TPSA) is 84.9 Å². The number of nitrogens with zero attached hydrogens (tertiary/aromatic N) is 1. The second kappa shape index (κ2) is 10.3. The number of benzene rings is 3. The summed E-state index contributed by atoms with van der Waals surface area (Å²) in [6.45, 7) is 3.65. The van der Waals surface area contributed by atoms with Gasteiger partial charge < -0.3 is 19.7 Å². The standard InChI is InChI=1S/C29H28N2O5S/c1-29(2)25(28(34)36-24(19-12-6-3-7-13-19)20-14-8-4-9-15-20)31-26(33)23(27(31)37-29)30-22(32)18-35-21-16-10-5-11-17-21/h3-17,23-25,27H,18H2,1-2H3,(H,30,32)/t23-,25?,27+/m0/s1. The molecule has 2 heterocycles. The highest BCUT2D eigenvalue weighted by molar-refractivity contribution is 8.01. The van der Waals surface area contributed by atoms with Gasteiger partial charge in [0.15, 0.2) is 12.7 Å². The van der Waals surface area contributed by atoms with Crippen molar-refractivity contribution >= 4 is 29.5 Å². The van der Waals surface area contributed by atoms with E-state index in [4.69, 9.17) is 9.47 Å². The number of ether oxygens (including phenoxy) is 2. The molecule has 2 fully saturated rings. The molecule has 0 aliphatic carbocycles. The lowest BCUT2D eigenvalue weighted by atomic mass is 9.95. The molecular formula is C29H28N2O5S. The zero-order valence-corrected chi connectivity index (χ0v) is 21.4. The van der Waals surface area contributed by atoms with Crippen LogP contribution < -0.4 is 10.1 Å². The number of β-lactam (4-membered cyclic amide) rings is 1. The van der Waals surface area contributed by atoms with Crippen molar-refractivity contribution in [2.45, 2.75) is 42.2 Å². The average molecular weight is 517 g/mol. The van der Waals surface area contributed by atoms with E-state index in [0.717, 1.165) is 11.1 Å². The molecule has 0 radical (unpaired) electrons. The third-order valence-electron chi connectivity index (χ3n) is 6.53. The van der Waals surface area contributed by atoms with E-state index >= 15 is 0 Å². The second-order valence-corrected chi connectivity index (χ2v) is 11.3. The van der Waals surface area contributed by atoms with Gasteiger partial charge in [-0.2, -0.15) is 0 Å². The van der Waals surface area contributed by atoms with E-state index in [1.807, 2.05) is 92.7 Å². The number of fused-ring (bicyclic) bond motifs is 1. The Morgan fingerprint density at radius 1 is 0.919 bits per heavy atom. The highest BCUT2D eigenvalue weighted by Gasteiger charge is 2.64. The molecule has 0 spiro atoms. The van der Waals surface area contributed by atoms with Crippen LogP contribution in [-0.2, 0) is 19.1 Å². The van der Waals surface area contributed by atoms with Gasteiger partial charge in [0.25, 0.3) is 5.91 Å². The lowest BCUT2D eigenvalue weighted by Crippen LogP contribution is -2.71. The Morgan fingerprint density at radius 3 is 2.03 bits per heavy atom. The first-order valence-corrected chi connectivity index (χ1v) is 13.0. The number of esters is 1. The van der Waals surface area contributed by atoms with Crippen molar-refractivity contribution < 1.29 is 23.9 Å². The molecule has 2 aliphatic heterocycles. The molecule has 37 heavy (non-hydrogen) atoms. The van der Waals surface area contributed by atoms with Gasteiger partial charge in [-0.15, -0.1) is 11.8 Å². The van der Waals surface area contributed by atoms with E-state index in [1.54, 1.807) is 17.0 Å². The SMILES string of the molecule is CC1(C)S[C@@H]2[C@@H](NC(=O)COc3ccccc3)C(=O)N2C1C(=O)OC(c1ccccc1)c1ccccc1. The number of para-hydroxylation sites is 1. The largest absolute Gasteiger partial charge is 0.484 e. The average Bonchev–Trinajstić information content (AvgIpc) is 3.18. The smallest absolute Gasteiger partial charge is 0.331 e. The molecule has 5 rings (SSSR count). The number of carbonyl (C=O) groups excluding carboxylic acids is 3. The Bertz CT molecular complexity index is 1230. The molecule has 3 aromatic rings. The third-order valence-corrected chi connectivity index (χ3v) is 8.10. The number of nitrogens with one attached hydrogen (secondary N) is 1. The highest BCUT2D eigenvalue weighted by Crippen LogP contribution is 2.51. The summed E-state index contributed by atoms with van der Waals surface area (Å²) in [5.41, 5.74) is 1.70. The molecule has 3 atom stereocenters. The first kappa shape index (κ1) is 24.9. The summed E-state index contributed by atoms with van der Waals surface area (Å²) in [4.78, 5) is 40.8. The summed E-state index contributed by atoms with van der Waals surface area (Å²) >= 11 is 1.49. The molecule has 2 aliphatic rings. The molecule has 1 unspecified atom stereocenters. The van der Waals surface area contributed by atoms with E-state index in [1.165, 1.54) is 11.8 Å². The summed E-state index contributed by atoms with van der Waals surface area (Å²) in [6.07, 6.45) is -0.600. The Balaban J connectivity index is 1.28. The van der Waals surface area contributed by atoms with Crippen molar-refractivity contribution in [3.63, 3.8) is 0 Å². The number of rotatable bonds is 8. The van der Waals surface area contributed by atoms with Gasteiger partial charge in [-0.05, 0) is 37.1 Å². The van der Waals surface area contributed by atoms with Crippen LogP contribution in [0, 0.1) is 0 Å². The molecule has 8 heteroatoms. The van der Waals surface area contributed by atoms with Crippen molar-refractivity contribution in [3.8, 4) is 5.75 Å². The summed E-state index contributed by atoms with van der Waals surface area (Å²) in [5.74, 6) is -0.582. The molecule has 0 aromatic heterocycles. The van der Waals surface area contributed by atoms with Crippen molar-refractivity contribution in [3.05, 3.63) is 102 Å². The zero-order valence-electron chi connectivity index (χ0n) is 20.6. The fraction of sp³-hybridized carbons (Fsp3) is 0.276. The van der Waals surface area contributed by atoms with Crippen molar-refractivity contribution in [1.29, 1.82) is 0 Å². The van der Waals surface area contributed by atoms with E-state index in [9.17, 15) is 14.4 Å². The minimum Gasteiger partial charge on any atom is -0.484 e. The van der Waals surface area contributed by atoms with Gasteiger partial charge in [-0.1, -0.05) is 78.9 Å². The molecule has 1 N–H and O–H groups in total. The Hall–Kier alpha value is -3.78. The number of hydrogen-bond acceptors (Lipinski definition) is 6. The fourth-order valence-electron chi connectivity index (χ4n) is 4.77. The van der Waals surface area contributed by atoms with E-state index in [0.29, 0.717) is 5.75 Å². The molecule has 7 nitrogen and oxygen atoms in total. The van der Waals surface area contributed by atoms with Crippen LogP contribution in [0.3, 0.4) is 0 Å². The van der Waals surface area contributed by atoms with Crippen LogP contribution in [0.4, 0.5) is 0 Å². The number of amides is 2. The Labute approximate surface area is 220 Å². The number of thioether (sulfide) groups is 1. The van der Waals surface area contributed by atoms with E-state index in [-0.39, 0.29) is 23.8 Å². The van der Waals surface area contributed by atoms with Gasteiger partial charge in [0.1, 0.15) is 23.2 Å². The van der Waals surface area contributed by atoms with Crippen molar-refractivity contribution in [2.75, 3.05) is 6.61 Å². The maximum Gasteiger partial charge on any atom is 0.331 e. The molecular weight excluding hydrogens is 488 g/mol. The normalized spacial score (nSPS) is 21.6. The van der Waals surface area contributed by atoms with Gasteiger partial charge in [0, 0.05) is 4.75 Å². The number of carbonyl (C=O) groups is 3. The summed E-state index contributed by atoms with van der Waals surface area (Å²) in [7, 11) is 0. The van der Waals surface area contributed by atoms with Crippen molar-refractivity contribution in [2.24, 2.45) is 0 Å². The van der Waals surface area contributed by atoms with E-state index < -0.39 is 28.9 Å². The van der Waals surface area contributed by atoms with Gasteiger partial charge in [0.05, 0.1) is 0 Å². The van der Waals surface area contributed by atoms with Crippen LogP contribution in [-0.4, -0.2) is 51.5 Å². The second-order valence-electron chi connectivity index (χ2n) is 9.55. The quantitative estimate of drug-likeness (QED) is 0.361. The summed E-state index contributed by atoms with van der Waals surface area (Å²) in [6, 6.07) is 26.6. The van der Waals surface area contributed by atoms with Crippen LogP contribution in [0.25, 0.3) is 0 Å². The maximum atomic E-state index is 13.6. The molecule has 0 bridgehead atoms. The maximum absolute atomic E-state index is 13.6. The van der Waals surface area contributed by atoms with Crippen molar-refractivity contribution in [1.82, 2.24) is 10.2 Å². The number of hydrogen-bond donors (Lipinski definition) is 1. The first-order chi connectivity index (χ1) is 17.8. The van der Waals surface area contributed by atoms with Crippen LogP contribution in [0.15, 0.2) is 91.0 Å². The van der Waals surface area contributed by atoms with Gasteiger partial charge in [0.2, 0.25) is 5.91 Å². The Kier molecular flexibility index (Phi) is 6.93. The lowest BCUT2D eigenvalue weighted by molar-refractivity contribution is -0.166. The first-order valence-electron chi connectivity index (χ1n) is 12.1. The Morgan fingerprint density at radius 2 is 1.46 bits per heavy atom. The van der Waals surface area contributed by atoms with Crippen LogP contribution in [0.2, 0.25) is 0 Å². The minimum atomic E-state index is -0.779. The minimum absolute atomic E-state index is 0.199. The van der Waals surface area contributed by atoms with Gasteiger partial charge in [-0.3, -0.25) is 9.59 Å². The molecule has 190 valence electrons. The third kappa shape index (κ3) is 5.06. The predicted octanol–water partition coefficient (Wildman–Crippen LogP) is 3.95. The van der Waals surface area contributed by atoms with Gasteiger partial charge in [-0.25, -0.2) is 4.79 Å².